The smallest absolute Gasteiger partial charge is 0.343 e. The van der Waals surface area contributed by atoms with E-state index in [1.54, 1.807) is 24.3 Å². The van der Waals surface area contributed by atoms with Crippen LogP contribution in [0.1, 0.15) is 10.4 Å². The molecule has 0 spiro atoms. The van der Waals surface area contributed by atoms with Gasteiger partial charge in [0.2, 0.25) is 0 Å². The minimum atomic E-state index is -4.42. The van der Waals surface area contributed by atoms with Gasteiger partial charge in [-0.3, -0.25) is 9.78 Å². The summed E-state index contributed by atoms with van der Waals surface area (Å²) in [4.78, 5) is 15.7. The first-order chi connectivity index (χ1) is 8.47. The molecule has 1 amide bonds. The van der Waals surface area contributed by atoms with E-state index in [1.165, 1.54) is 12.3 Å². The molecule has 1 heterocycles. The molecule has 2 rings (SSSR count). The lowest BCUT2D eigenvalue weighted by Crippen LogP contribution is -2.33. The van der Waals surface area contributed by atoms with E-state index in [2.05, 4.69) is 4.98 Å². The lowest BCUT2D eigenvalue weighted by Gasteiger charge is -2.09. The average Bonchev–Trinajstić information content (AvgIpc) is 2.34. The number of aromatic nitrogens is 1. The number of para-hydroxylation sites is 1. The van der Waals surface area contributed by atoms with Gasteiger partial charge in [0.1, 0.15) is 6.54 Å². The zero-order valence-electron chi connectivity index (χ0n) is 9.16. The Bertz CT molecular complexity index is 576. The van der Waals surface area contributed by atoms with Gasteiger partial charge in [-0.2, -0.15) is 13.2 Å². The normalized spacial score (nSPS) is 11.5. The minimum absolute atomic E-state index is 0.136. The maximum absolute atomic E-state index is 12.0. The predicted molar refractivity (Wildman–Crippen MR) is 60.1 cm³/mol. The molecule has 0 aliphatic rings. The van der Waals surface area contributed by atoms with Crippen LogP contribution in [0.3, 0.4) is 0 Å². The SMILES string of the molecule is O=C(NCC(F)(F)F)c1cccc2cccnc12. The van der Waals surface area contributed by atoms with Crippen molar-refractivity contribution in [1.29, 1.82) is 0 Å². The first-order valence-electron chi connectivity index (χ1n) is 5.16. The monoisotopic (exact) mass is 254 g/mol. The number of alkyl halides is 3. The molecule has 94 valence electrons. The Morgan fingerprint density at radius 2 is 1.94 bits per heavy atom. The highest BCUT2D eigenvalue weighted by Crippen LogP contribution is 2.17. The fraction of sp³-hybridized carbons (Fsp3) is 0.167. The van der Waals surface area contributed by atoms with Crippen LogP contribution in [0.15, 0.2) is 36.5 Å². The Labute approximate surface area is 101 Å². The van der Waals surface area contributed by atoms with Crippen LogP contribution in [-0.4, -0.2) is 23.6 Å². The molecule has 1 aromatic heterocycles. The van der Waals surface area contributed by atoms with Crippen molar-refractivity contribution in [3.05, 3.63) is 42.1 Å². The fourth-order valence-electron chi connectivity index (χ4n) is 1.56. The number of hydrogen-bond donors (Lipinski definition) is 1. The van der Waals surface area contributed by atoms with E-state index in [9.17, 15) is 18.0 Å². The third-order valence-corrected chi connectivity index (χ3v) is 2.33. The number of nitrogens with one attached hydrogen (secondary N) is 1. The minimum Gasteiger partial charge on any atom is -0.343 e. The summed E-state index contributed by atoms with van der Waals surface area (Å²) in [6, 6.07) is 8.22. The fourth-order valence-corrected chi connectivity index (χ4v) is 1.56. The van der Waals surface area contributed by atoms with E-state index in [-0.39, 0.29) is 5.56 Å². The molecule has 3 nitrogen and oxygen atoms in total. The van der Waals surface area contributed by atoms with Crippen LogP contribution in [0, 0.1) is 0 Å². The van der Waals surface area contributed by atoms with Crippen molar-refractivity contribution in [3.63, 3.8) is 0 Å². The molecule has 18 heavy (non-hydrogen) atoms. The summed E-state index contributed by atoms with van der Waals surface area (Å²) in [7, 11) is 0. The number of benzene rings is 1. The Kier molecular flexibility index (Phi) is 3.18. The lowest BCUT2D eigenvalue weighted by atomic mass is 10.1. The Hall–Kier alpha value is -2.11. The van der Waals surface area contributed by atoms with Gasteiger partial charge in [-0.1, -0.05) is 18.2 Å². The van der Waals surface area contributed by atoms with Crippen LogP contribution >= 0.6 is 0 Å². The molecule has 0 saturated carbocycles. The van der Waals surface area contributed by atoms with Crippen LogP contribution in [0.5, 0.6) is 0 Å². The van der Waals surface area contributed by atoms with Gasteiger partial charge in [-0.05, 0) is 12.1 Å². The highest BCUT2D eigenvalue weighted by atomic mass is 19.4. The van der Waals surface area contributed by atoms with Crippen molar-refractivity contribution >= 4 is 16.8 Å². The van der Waals surface area contributed by atoms with Crippen molar-refractivity contribution in [3.8, 4) is 0 Å². The molecule has 0 atom stereocenters. The lowest BCUT2D eigenvalue weighted by molar-refractivity contribution is -0.123. The third kappa shape index (κ3) is 2.77. The quantitative estimate of drug-likeness (QED) is 0.894. The van der Waals surface area contributed by atoms with Gasteiger partial charge in [0.25, 0.3) is 5.91 Å². The molecule has 1 N–H and O–H groups in total. The van der Waals surface area contributed by atoms with Gasteiger partial charge < -0.3 is 5.32 Å². The Morgan fingerprint density at radius 1 is 1.22 bits per heavy atom. The number of halogens is 3. The summed E-state index contributed by atoms with van der Waals surface area (Å²) in [6.45, 7) is -1.35. The van der Waals surface area contributed by atoms with Crippen LogP contribution in [0.2, 0.25) is 0 Å². The number of pyridine rings is 1. The molecule has 0 saturated heterocycles. The number of nitrogens with zero attached hydrogens (tertiary/aromatic N) is 1. The van der Waals surface area contributed by atoms with E-state index in [4.69, 9.17) is 0 Å². The summed E-state index contributed by atoms with van der Waals surface area (Å²) < 4.78 is 36.0. The molecule has 6 heteroatoms. The second kappa shape index (κ2) is 4.64. The van der Waals surface area contributed by atoms with E-state index in [1.807, 2.05) is 5.32 Å². The first-order valence-corrected chi connectivity index (χ1v) is 5.16. The molecule has 0 fully saturated rings. The number of amides is 1. The third-order valence-electron chi connectivity index (χ3n) is 2.33. The van der Waals surface area contributed by atoms with E-state index >= 15 is 0 Å². The summed E-state index contributed by atoms with van der Waals surface area (Å²) in [5, 5.41) is 2.53. The maximum atomic E-state index is 12.0. The Morgan fingerprint density at radius 3 is 2.67 bits per heavy atom. The molecule has 0 unspecified atom stereocenters. The van der Waals surface area contributed by atoms with E-state index in [0.717, 1.165) is 0 Å². The maximum Gasteiger partial charge on any atom is 0.405 e. The number of fused-ring (bicyclic) bond motifs is 1. The van der Waals surface area contributed by atoms with Crippen molar-refractivity contribution in [2.45, 2.75) is 6.18 Å². The first kappa shape index (κ1) is 12.3. The molecular formula is C12H9F3N2O. The van der Waals surface area contributed by atoms with Crippen LogP contribution < -0.4 is 5.32 Å². The molecule has 0 aliphatic heterocycles. The van der Waals surface area contributed by atoms with Crippen LogP contribution in [0.4, 0.5) is 13.2 Å². The van der Waals surface area contributed by atoms with Gasteiger partial charge in [0.05, 0.1) is 11.1 Å². The van der Waals surface area contributed by atoms with Crippen molar-refractivity contribution in [2.24, 2.45) is 0 Å². The highest BCUT2D eigenvalue weighted by Gasteiger charge is 2.28. The standard InChI is InChI=1S/C12H9F3N2O/c13-12(14,15)7-17-11(18)9-5-1-3-8-4-2-6-16-10(8)9/h1-6H,7H2,(H,17,18). The number of carbonyl (C=O) groups excluding carboxylic acids is 1. The molecule has 1 aromatic carbocycles. The molecule has 0 radical (unpaired) electrons. The van der Waals surface area contributed by atoms with Crippen molar-refractivity contribution in [2.75, 3.05) is 6.54 Å². The van der Waals surface area contributed by atoms with Gasteiger partial charge >= 0.3 is 6.18 Å². The summed E-state index contributed by atoms with van der Waals surface area (Å²) in [6.07, 6.45) is -2.93. The summed E-state index contributed by atoms with van der Waals surface area (Å²) in [5.41, 5.74) is 0.525. The number of carbonyl (C=O) groups is 1. The topological polar surface area (TPSA) is 42.0 Å². The van der Waals surface area contributed by atoms with Crippen LogP contribution in [-0.2, 0) is 0 Å². The van der Waals surface area contributed by atoms with Crippen molar-refractivity contribution in [1.82, 2.24) is 10.3 Å². The predicted octanol–water partition coefficient (Wildman–Crippen LogP) is 2.53. The average molecular weight is 254 g/mol. The number of rotatable bonds is 2. The number of hydrogen-bond acceptors (Lipinski definition) is 2. The van der Waals surface area contributed by atoms with Crippen molar-refractivity contribution < 1.29 is 18.0 Å². The molecule has 2 aromatic rings. The second-order valence-corrected chi connectivity index (χ2v) is 3.68. The van der Waals surface area contributed by atoms with E-state index in [0.29, 0.717) is 10.9 Å². The summed E-state index contributed by atoms with van der Waals surface area (Å²) >= 11 is 0. The molecule has 0 bridgehead atoms. The van der Waals surface area contributed by atoms with E-state index < -0.39 is 18.6 Å². The van der Waals surface area contributed by atoms with Crippen LogP contribution in [0.25, 0.3) is 10.9 Å². The van der Waals surface area contributed by atoms with Gasteiger partial charge in [-0.25, -0.2) is 0 Å². The molecular weight excluding hydrogens is 245 g/mol. The van der Waals surface area contributed by atoms with Gasteiger partial charge in [0.15, 0.2) is 0 Å². The zero-order valence-corrected chi connectivity index (χ0v) is 9.16. The summed E-state index contributed by atoms with van der Waals surface area (Å²) in [5.74, 6) is -0.781. The second-order valence-electron chi connectivity index (χ2n) is 3.68. The van der Waals surface area contributed by atoms with Gasteiger partial charge in [-0.15, -0.1) is 0 Å². The largest absolute Gasteiger partial charge is 0.405 e. The van der Waals surface area contributed by atoms with Gasteiger partial charge in [0, 0.05) is 11.6 Å². The molecule has 0 aliphatic carbocycles. The highest BCUT2D eigenvalue weighted by molar-refractivity contribution is 6.05. The Balaban J connectivity index is 2.28. The zero-order chi connectivity index (χ0) is 13.2.